The summed E-state index contributed by atoms with van der Waals surface area (Å²) in [6, 6.07) is 5.43. The number of halogens is 2. The third kappa shape index (κ3) is 2.72. The van der Waals surface area contributed by atoms with Crippen molar-refractivity contribution >= 4 is 34.6 Å². The molecule has 2 aliphatic heterocycles. The van der Waals surface area contributed by atoms with Gasteiger partial charge < -0.3 is 16.0 Å². The number of hydrogen-bond acceptors (Lipinski definition) is 3. The first-order valence-corrected chi connectivity index (χ1v) is 8.03. The lowest BCUT2D eigenvalue weighted by Gasteiger charge is -2.47. The van der Waals surface area contributed by atoms with E-state index in [0.717, 1.165) is 5.69 Å². The van der Waals surface area contributed by atoms with E-state index in [2.05, 4.69) is 17.3 Å². The fraction of sp³-hybridized carbons (Fsp3) is 0.600. The van der Waals surface area contributed by atoms with Gasteiger partial charge in [0.15, 0.2) is 0 Å². The topological polar surface area (TPSA) is 41.3 Å². The van der Waals surface area contributed by atoms with E-state index in [4.69, 9.17) is 28.9 Å². The molecule has 110 valence electrons. The third-order valence-electron chi connectivity index (χ3n) is 4.79. The second-order valence-electron chi connectivity index (χ2n) is 6.07. The Bertz CT molecular complexity index is 492. The van der Waals surface area contributed by atoms with Crippen molar-refractivity contribution < 1.29 is 0 Å². The van der Waals surface area contributed by atoms with Crippen LogP contribution in [0.15, 0.2) is 12.1 Å². The molecule has 5 heteroatoms. The minimum Gasteiger partial charge on any atom is -0.397 e. The molecule has 0 radical (unpaired) electrons. The molecule has 3 N–H and O–H groups in total. The van der Waals surface area contributed by atoms with Crippen molar-refractivity contribution in [2.45, 2.75) is 50.2 Å². The Labute approximate surface area is 130 Å². The van der Waals surface area contributed by atoms with Gasteiger partial charge in [-0.3, -0.25) is 0 Å². The Hall–Kier alpha value is -0.640. The average molecular weight is 314 g/mol. The van der Waals surface area contributed by atoms with Crippen LogP contribution in [0.25, 0.3) is 0 Å². The zero-order valence-electron chi connectivity index (χ0n) is 11.7. The smallest absolute Gasteiger partial charge is 0.0614 e. The number of fused-ring (bicyclic) bond motifs is 2. The summed E-state index contributed by atoms with van der Waals surface area (Å²) >= 11 is 12.1. The molecule has 2 unspecified atom stereocenters. The summed E-state index contributed by atoms with van der Waals surface area (Å²) in [5.74, 6) is 0. The predicted octanol–water partition coefficient (Wildman–Crippen LogP) is 4.00. The molecule has 0 aromatic heterocycles. The number of nitrogens with one attached hydrogen (secondary N) is 1. The minimum absolute atomic E-state index is 0.473. The van der Waals surface area contributed by atoms with Gasteiger partial charge in [-0.2, -0.15) is 0 Å². The monoisotopic (exact) mass is 313 g/mol. The van der Waals surface area contributed by atoms with E-state index in [1.807, 2.05) is 6.07 Å². The third-order valence-corrected chi connectivity index (χ3v) is 5.51. The van der Waals surface area contributed by atoms with E-state index in [1.54, 1.807) is 6.07 Å². The van der Waals surface area contributed by atoms with Gasteiger partial charge in [0.25, 0.3) is 0 Å². The highest BCUT2D eigenvalue weighted by Crippen LogP contribution is 2.36. The SMILES string of the molecule is CN1C2CCCC1CC(Nc1cc(Cl)c(Cl)cc1N)C2. The average Bonchev–Trinajstić information content (AvgIpc) is 2.37. The Morgan fingerprint density at radius 2 is 1.75 bits per heavy atom. The van der Waals surface area contributed by atoms with Gasteiger partial charge in [0.2, 0.25) is 0 Å². The van der Waals surface area contributed by atoms with Crippen LogP contribution in [0.3, 0.4) is 0 Å². The lowest BCUT2D eigenvalue weighted by molar-refractivity contribution is 0.0608. The number of nitrogens with zero attached hydrogens (tertiary/aromatic N) is 1. The summed E-state index contributed by atoms with van der Waals surface area (Å²) < 4.78 is 0. The van der Waals surface area contributed by atoms with Gasteiger partial charge in [-0.25, -0.2) is 0 Å². The van der Waals surface area contributed by atoms with E-state index >= 15 is 0 Å². The zero-order valence-corrected chi connectivity index (χ0v) is 13.2. The van der Waals surface area contributed by atoms with Gasteiger partial charge in [0.1, 0.15) is 0 Å². The van der Waals surface area contributed by atoms with Crippen molar-refractivity contribution in [1.29, 1.82) is 0 Å². The lowest BCUT2D eigenvalue weighted by atomic mass is 9.82. The van der Waals surface area contributed by atoms with Crippen molar-refractivity contribution in [3.05, 3.63) is 22.2 Å². The van der Waals surface area contributed by atoms with E-state index in [1.165, 1.54) is 32.1 Å². The Balaban J connectivity index is 1.74. The van der Waals surface area contributed by atoms with Crippen molar-refractivity contribution in [1.82, 2.24) is 4.90 Å². The molecular weight excluding hydrogens is 293 g/mol. The first-order valence-electron chi connectivity index (χ1n) is 7.27. The zero-order chi connectivity index (χ0) is 14.3. The number of nitrogens with two attached hydrogens (primary N) is 1. The predicted molar refractivity (Wildman–Crippen MR) is 86.7 cm³/mol. The molecular formula is C15H21Cl2N3. The Morgan fingerprint density at radius 3 is 2.40 bits per heavy atom. The molecule has 1 aromatic rings. The molecule has 0 spiro atoms. The van der Waals surface area contributed by atoms with Crippen LogP contribution in [0, 0.1) is 0 Å². The van der Waals surface area contributed by atoms with Gasteiger partial charge in [-0.15, -0.1) is 0 Å². The summed E-state index contributed by atoms with van der Waals surface area (Å²) in [5.41, 5.74) is 7.61. The van der Waals surface area contributed by atoms with Gasteiger partial charge in [0, 0.05) is 18.1 Å². The number of piperidine rings is 2. The lowest BCUT2D eigenvalue weighted by Crippen LogP contribution is -2.52. The van der Waals surface area contributed by atoms with Crippen LogP contribution >= 0.6 is 23.2 Å². The van der Waals surface area contributed by atoms with Crippen LogP contribution in [-0.2, 0) is 0 Å². The largest absolute Gasteiger partial charge is 0.397 e. The molecule has 1 aromatic carbocycles. The number of nitrogen functional groups attached to an aromatic ring is 1. The van der Waals surface area contributed by atoms with Gasteiger partial charge in [0.05, 0.1) is 21.4 Å². The first kappa shape index (κ1) is 14.3. The van der Waals surface area contributed by atoms with Crippen molar-refractivity contribution in [2.24, 2.45) is 0 Å². The molecule has 2 saturated heterocycles. The Morgan fingerprint density at radius 1 is 1.15 bits per heavy atom. The fourth-order valence-electron chi connectivity index (χ4n) is 3.64. The molecule has 0 saturated carbocycles. The van der Waals surface area contributed by atoms with Crippen LogP contribution in [0.5, 0.6) is 0 Å². The number of benzene rings is 1. The Kier molecular flexibility index (Phi) is 4.02. The van der Waals surface area contributed by atoms with Crippen molar-refractivity contribution in [3.63, 3.8) is 0 Å². The molecule has 2 bridgehead atoms. The summed E-state index contributed by atoms with van der Waals surface area (Å²) in [7, 11) is 2.26. The molecule has 2 fully saturated rings. The maximum absolute atomic E-state index is 6.09. The van der Waals surface area contributed by atoms with Crippen molar-refractivity contribution in [2.75, 3.05) is 18.1 Å². The highest BCUT2D eigenvalue weighted by molar-refractivity contribution is 6.42. The van der Waals surface area contributed by atoms with Crippen LogP contribution < -0.4 is 11.1 Å². The van der Waals surface area contributed by atoms with Gasteiger partial charge >= 0.3 is 0 Å². The van der Waals surface area contributed by atoms with Crippen LogP contribution in [0.1, 0.15) is 32.1 Å². The van der Waals surface area contributed by atoms with Crippen LogP contribution in [-0.4, -0.2) is 30.1 Å². The quantitative estimate of drug-likeness (QED) is 0.811. The van der Waals surface area contributed by atoms with E-state index in [0.29, 0.717) is 33.9 Å². The van der Waals surface area contributed by atoms with Crippen LogP contribution in [0.2, 0.25) is 10.0 Å². The van der Waals surface area contributed by atoms with E-state index in [9.17, 15) is 0 Å². The second kappa shape index (κ2) is 5.63. The first-order chi connectivity index (χ1) is 9.54. The summed E-state index contributed by atoms with van der Waals surface area (Å²) in [6.07, 6.45) is 6.32. The molecule has 3 nitrogen and oxygen atoms in total. The minimum atomic E-state index is 0.473. The van der Waals surface area contributed by atoms with E-state index in [-0.39, 0.29) is 0 Å². The summed E-state index contributed by atoms with van der Waals surface area (Å²) in [4.78, 5) is 2.56. The maximum atomic E-state index is 6.09. The number of hydrogen-bond donors (Lipinski definition) is 2. The standard InChI is InChI=1S/C15H21Cl2N3/c1-20-10-3-2-4-11(20)6-9(5-10)19-15-8-13(17)12(16)7-14(15)18/h7-11,19H,2-6,18H2,1H3. The highest BCUT2D eigenvalue weighted by Gasteiger charge is 2.35. The van der Waals surface area contributed by atoms with Crippen molar-refractivity contribution in [3.8, 4) is 0 Å². The van der Waals surface area contributed by atoms with E-state index < -0.39 is 0 Å². The molecule has 3 rings (SSSR count). The summed E-state index contributed by atoms with van der Waals surface area (Å²) in [5, 5.41) is 4.63. The van der Waals surface area contributed by atoms with Gasteiger partial charge in [-0.05, 0) is 44.9 Å². The molecule has 2 aliphatic rings. The molecule has 0 aliphatic carbocycles. The molecule has 2 atom stereocenters. The van der Waals surface area contributed by atoms with Crippen LogP contribution in [0.4, 0.5) is 11.4 Å². The fourth-order valence-corrected chi connectivity index (χ4v) is 3.98. The second-order valence-corrected chi connectivity index (χ2v) is 6.88. The molecule has 20 heavy (non-hydrogen) atoms. The highest BCUT2D eigenvalue weighted by atomic mass is 35.5. The molecule has 2 heterocycles. The molecule has 0 amide bonds. The normalized spacial score (nSPS) is 30.2. The summed E-state index contributed by atoms with van der Waals surface area (Å²) in [6.45, 7) is 0. The maximum Gasteiger partial charge on any atom is 0.0614 e. The number of rotatable bonds is 2. The van der Waals surface area contributed by atoms with Gasteiger partial charge in [-0.1, -0.05) is 29.6 Å². The number of anilines is 2.